The van der Waals surface area contributed by atoms with Crippen LogP contribution < -0.4 is 4.90 Å². The van der Waals surface area contributed by atoms with Crippen LogP contribution in [0.25, 0.3) is 11.1 Å². The first-order valence-electron chi connectivity index (χ1n) is 7.02. The number of aromatic nitrogens is 2. The molecule has 1 fully saturated rings. The molecule has 22 heavy (non-hydrogen) atoms. The third kappa shape index (κ3) is 2.41. The first kappa shape index (κ1) is 14.4. The van der Waals surface area contributed by atoms with Crippen LogP contribution >= 0.6 is 0 Å². The fraction of sp³-hybridized carbons (Fsp3) is 0.312. The van der Waals surface area contributed by atoms with Gasteiger partial charge >= 0.3 is 6.03 Å². The number of carbonyl (C=O) groups excluding carboxylic acids is 1. The number of halogens is 1. The van der Waals surface area contributed by atoms with Gasteiger partial charge in [0.25, 0.3) is 0 Å². The second-order valence-corrected chi connectivity index (χ2v) is 6.02. The van der Waals surface area contributed by atoms with Crippen molar-refractivity contribution in [2.45, 2.75) is 19.4 Å². The molecule has 0 spiro atoms. The van der Waals surface area contributed by atoms with Crippen LogP contribution in [0.2, 0.25) is 0 Å². The Morgan fingerprint density at radius 3 is 2.18 bits per heavy atom. The lowest BCUT2D eigenvalue weighted by molar-refractivity contribution is 0.198. The minimum atomic E-state index is -0.283. The third-order valence-electron chi connectivity index (χ3n) is 4.03. The normalized spacial score (nSPS) is 17.2. The number of carbonyl (C=O) groups is 1. The zero-order chi connectivity index (χ0) is 15.9. The van der Waals surface area contributed by atoms with Crippen LogP contribution in [0.4, 0.5) is 15.1 Å². The van der Waals surface area contributed by atoms with Crippen molar-refractivity contribution in [1.29, 1.82) is 0 Å². The Kier molecular flexibility index (Phi) is 3.31. The van der Waals surface area contributed by atoms with Crippen LogP contribution in [0.15, 0.2) is 36.7 Å². The summed E-state index contributed by atoms with van der Waals surface area (Å²) in [5, 5.41) is 0. The number of hydrogen-bond donors (Lipinski definition) is 0. The molecule has 5 nitrogen and oxygen atoms in total. The number of nitrogens with zero attached hydrogens (tertiary/aromatic N) is 4. The Morgan fingerprint density at radius 1 is 1.09 bits per heavy atom. The average Bonchev–Trinajstić information content (AvgIpc) is 2.72. The summed E-state index contributed by atoms with van der Waals surface area (Å²) in [4.78, 5) is 24.1. The van der Waals surface area contributed by atoms with Gasteiger partial charge < -0.3 is 4.90 Å². The van der Waals surface area contributed by atoms with Gasteiger partial charge in [0.1, 0.15) is 5.82 Å². The maximum Gasteiger partial charge on any atom is 0.327 e. The lowest BCUT2D eigenvalue weighted by Gasteiger charge is -2.24. The molecule has 1 aliphatic heterocycles. The molecule has 2 heterocycles. The van der Waals surface area contributed by atoms with Gasteiger partial charge in [0.15, 0.2) is 0 Å². The Labute approximate surface area is 128 Å². The van der Waals surface area contributed by atoms with Crippen LogP contribution in [0.1, 0.15) is 13.8 Å². The van der Waals surface area contributed by atoms with Gasteiger partial charge in [-0.1, -0.05) is 12.1 Å². The minimum absolute atomic E-state index is 0.112. The monoisotopic (exact) mass is 300 g/mol. The van der Waals surface area contributed by atoms with E-state index in [4.69, 9.17) is 0 Å². The highest BCUT2D eigenvalue weighted by molar-refractivity contribution is 5.93. The lowest BCUT2D eigenvalue weighted by Crippen LogP contribution is -2.38. The Morgan fingerprint density at radius 2 is 1.68 bits per heavy atom. The lowest BCUT2D eigenvalue weighted by atomic mass is 10.1. The van der Waals surface area contributed by atoms with Crippen LogP contribution in [-0.2, 0) is 0 Å². The predicted molar refractivity (Wildman–Crippen MR) is 82.0 cm³/mol. The molecule has 0 saturated carbocycles. The third-order valence-corrected chi connectivity index (χ3v) is 4.03. The van der Waals surface area contributed by atoms with Gasteiger partial charge in [-0.3, -0.25) is 4.90 Å². The quantitative estimate of drug-likeness (QED) is 0.857. The van der Waals surface area contributed by atoms with E-state index in [1.165, 1.54) is 12.1 Å². The van der Waals surface area contributed by atoms with E-state index < -0.39 is 0 Å². The number of amides is 2. The van der Waals surface area contributed by atoms with E-state index in [2.05, 4.69) is 9.97 Å². The first-order chi connectivity index (χ1) is 10.4. The number of hydrogen-bond acceptors (Lipinski definition) is 3. The van der Waals surface area contributed by atoms with Crippen molar-refractivity contribution in [1.82, 2.24) is 14.9 Å². The van der Waals surface area contributed by atoms with E-state index in [9.17, 15) is 9.18 Å². The number of benzene rings is 1. The van der Waals surface area contributed by atoms with Gasteiger partial charge in [-0.25, -0.2) is 19.2 Å². The fourth-order valence-electron chi connectivity index (χ4n) is 2.41. The number of likely N-dealkylation sites (N-methyl/N-ethyl adjacent to an activating group) is 1. The van der Waals surface area contributed by atoms with Crippen molar-refractivity contribution in [3.8, 4) is 11.1 Å². The summed E-state index contributed by atoms with van der Waals surface area (Å²) in [7, 11) is 1.77. The van der Waals surface area contributed by atoms with Crippen LogP contribution in [-0.4, -0.2) is 40.0 Å². The van der Waals surface area contributed by atoms with Crippen molar-refractivity contribution in [3.63, 3.8) is 0 Å². The minimum Gasteiger partial charge on any atom is -0.320 e. The SMILES string of the molecule is CN1C(=O)N(c2ncc(-c3ccc(F)cc3)cn2)CC1(C)C. The van der Waals surface area contributed by atoms with Crippen molar-refractivity contribution in [2.75, 3.05) is 18.5 Å². The van der Waals surface area contributed by atoms with Gasteiger partial charge in [-0.15, -0.1) is 0 Å². The first-order valence-corrected chi connectivity index (χ1v) is 7.02. The number of anilines is 1. The van der Waals surface area contributed by atoms with Crippen LogP contribution in [0, 0.1) is 5.82 Å². The van der Waals surface area contributed by atoms with Crippen molar-refractivity contribution >= 4 is 12.0 Å². The molecular weight excluding hydrogens is 283 g/mol. The molecule has 1 aromatic heterocycles. The zero-order valence-corrected chi connectivity index (χ0v) is 12.7. The molecule has 1 saturated heterocycles. The molecular formula is C16H17FN4O. The summed E-state index contributed by atoms with van der Waals surface area (Å²) in [6.07, 6.45) is 3.29. The zero-order valence-electron chi connectivity index (χ0n) is 12.7. The molecule has 2 aromatic rings. The van der Waals surface area contributed by atoms with Crippen molar-refractivity contribution in [2.24, 2.45) is 0 Å². The highest BCUT2D eigenvalue weighted by atomic mass is 19.1. The topological polar surface area (TPSA) is 49.3 Å². The molecule has 2 amide bonds. The van der Waals surface area contributed by atoms with Gasteiger partial charge in [-0.2, -0.15) is 0 Å². The standard InChI is InChI=1S/C16H17FN4O/c1-16(2)10-21(15(22)20(16)3)14-18-8-12(9-19-14)11-4-6-13(17)7-5-11/h4-9H,10H2,1-3H3. The Bertz CT molecular complexity index is 697. The molecule has 1 aliphatic rings. The number of urea groups is 1. The predicted octanol–water partition coefficient (Wildman–Crippen LogP) is 2.93. The summed E-state index contributed by atoms with van der Waals surface area (Å²) in [6.45, 7) is 4.54. The molecule has 3 rings (SSSR count). The fourth-order valence-corrected chi connectivity index (χ4v) is 2.41. The molecule has 1 aromatic carbocycles. The van der Waals surface area contributed by atoms with E-state index in [1.807, 2.05) is 13.8 Å². The summed E-state index contributed by atoms with van der Waals surface area (Å²) < 4.78 is 12.9. The van der Waals surface area contributed by atoms with Gasteiger partial charge in [0.05, 0.1) is 12.1 Å². The smallest absolute Gasteiger partial charge is 0.320 e. The van der Waals surface area contributed by atoms with Gasteiger partial charge in [0, 0.05) is 25.0 Å². The highest BCUT2D eigenvalue weighted by Gasteiger charge is 2.42. The largest absolute Gasteiger partial charge is 0.327 e. The second-order valence-electron chi connectivity index (χ2n) is 6.02. The summed E-state index contributed by atoms with van der Waals surface area (Å²) in [6, 6.07) is 6.02. The molecule has 0 N–H and O–H groups in total. The molecule has 0 aliphatic carbocycles. The van der Waals surface area contributed by atoms with Gasteiger partial charge in [0.2, 0.25) is 5.95 Å². The summed E-state index contributed by atoms with van der Waals surface area (Å²) in [5.41, 5.74) is 1.36. The van der Waals surface area contributed by atoms with E-state index in [1.54, 1.807) is 41.4 Å². The van der Waals surface area contributed by atoms with Crippen LogP contribution in [0.5, 0.6) is 0 Å². The Hall–Kier alpha value is -2.50. The van der Waals surface area contributed by atoms with Gasteiger partial charge in [-0.05, 0) is 31.5 Å². The average molecular weight is 300 g/mol. The molecule has 0 unspecified atom stereocenters. The van der Waals surface area contributed by atoms with E-state index >= 15 is 0 Å². The molecule has 6 heteroatoms. The molecule has 0 radical (unpaired) electrons. The van der Waals surface area contributed by atoms with E-state index in [-0.39, 0.29) is 17.4 Å². The van der Waals surface area contributed by atoms with Crippen molar-refractivity contribution in [3.05, 3.63) is 42.5 Å². The van der Waals surface area contributed by atoms with E-state index in [0.29, 0.717) is 12.5 Å². The van der Waals surface area contributed by atoms with E-state index in [0.717, 1.165) is 11.1 Å². The van der Waals surface area contributed by atoms with Crippen molar-refractivity contribution < 1.29 is 9.18 Å². The second kappa shape index (κ2) is 5.05. The van der Waals surface area contributed by atoms with Crippen LogP contribution in [0.3, 0.4) is 0 Å². The Balaban J connectivity index is 1.86. The molecule has 114 valence electrons. The molecule has 0 bridgehead atoms. The summed E-state index contributed by atoms with van der Waals surface area (Å²) >= 11 is 0. The number of rotatable bonds is 2. The molecule has 0 atom stereocenters. The maximum absolute atomic E-state index is 12.9. The summed E-state index contributed by atoms with van der Waals surface area (Å²) in [5.74, 6) is 0.0995. The maximum atomic E-state index is 12.9. The highest BCUT2D eigenvalue weighted by Crippen LogP contribution is 2.27.